The lowest BCUT2D eigenvalue weighted by molar-refractivity contribution is -0.385. The number of anilines is 1. The minimum atomic E-state index is -1.49. The van der Waals surface area contributed by atoms with Crippen LogP contribution in [0.2, 0.25) is 54.3 Å². The number of non-ortho nitro benzene ring substituents is 2. The van der Waals surface area contributed by atoms with Crippen LogP contribution in [-0.4, -0.2) is 26.0 Å². The molecule has 3 rings (SSSR count). The van der Waals surface area contributed by atoms with Gasteiger partial charge in [0.1, 0.15) is 0 Å². The number of nitro groups is 2. The summed E-state index contributed by atoms with van der Waals surface area (Å²) in [5.74, 6) is 0. The molecule has 0 bridgehead atoms. The molecule has 0 spiro atoms. The molecule has 0 amide bonds. The molecule has 40 heavy (non-hydrogen) atoms. The number of hydrogen-bond donors (Lipinski definition) is 1. The van der Waals surface area contributed by atoms with E-state index in [1.165, 1.54) is 29.5 Å². The van der Waals surface area contributed by atoms with E-state index in [2.05, 4.69) is 39.3 Å². The summed E-state index contributed by atoms with van der Waals surface area (Å²) >= 11 is 19.7. The molecule has 3 aromatic carbocycles. The molecule has 0 saturated carbocycles. The maximum absolute atomic E-state index is 10.5. The monoisotopic (exact) mass is 759 g/mol. The Morgan fingerprint density at radius 3 is 1.32 bits per heavy atom. The predicted octanol–water partition coefficient (Wildman–Crippen LogP) is 10.0. The highest BCUT2D eigenvalue weighted by Crippen LogP contribution is 2.23. The Morgan fingerprint density at radius 2 is 1.00 bits per heavy atom. The van der Waals surface area contributed by atoms with E-state index in [1.807, 2.05) is 40.8 Å². The highest BCUT2D eigenvalue weighted by molar-refractivity contribution is 14.1. The molecule has 13 heteroatoms. The fourth-order valence-electron chi connectivity index (χ4n) is 2.96. The second kappa shape index (κ2) is 18.0. The van der Waals surface area contributed by atoms with Crippen LogP contribution in [0.15, 0.2) is 54.6 Å². The van der Waals surface area contributed by atoms with E-state index in [4.69, 9.17) is 40.5 Å². The number of nitro benzene ring substituents is 2. The second-order valence-corrected chi connectivity index (χ2v) is 22.5. The van der Waals surface area contributed by atoms with Gasteiger partial charge in [0.05, 0.1) is 31.0 Å². The van der Waals surface area contributed by atoms with Crippen LogP contribution in [0.1, 0.15) is 22.3 Å². The van der Waals surface area contributed by atoms with Gasteiger partial charge in [0.15, 0.2) is 0 Å². The number of rotatable bonds is 4. The summed E-state index contributed by atoms with van der Waals surface area (Å²) in [5, 5.41) is 24.8. The summed E-state index contributed by atoms with van der Waals surface area (Å²) in [6, 6.07) is 14.9. The van der Waals surface area contributed by atoms with Gasteiger partial charge in [-0.25, -0.2) is 0 Å². The smallest absolute Gasteiger partial charge is 0.270 e. The van der Waals surface area contributed by atoms with Gasteiger partial charge in [-0.15, -0.1) is 0 Å². The van der Waals surface area contributed by atoms with Crippen LogP contribution in [-0.2, 0) is 0 Å². The number of nitrogen functional groups attached to an aromatic ring is 1. The summed E-state index contributed by atoms with van der Waals surface area (Å²) in [7, 11) is -2.78. The first kappa shape index (κ1) is 42.8. The maximum Gasteiger partial charge on any atom is 0.270 e. The number of nitrogens with zero attached hydrogens (tertiary/aromatic N) is 2. The van der Waals surface area contributed by atoms with Crippen LogP contribution >= 0.6 is 57.4 Å². The van der Waals surface area contributed by atoms with E-state index in [0.29, 0.717) is 10.0 Å². The third kappa shape index (κ3) is 13.8. The third-order valence-electron chi connectivity index (χ3n) is 4.89. The summed E-state index contributed by atoms with van der Waals surface area (Å²) in [6.45, 7) is 13.3. The quantitative estimate of drug-likeness (QED) is 0.0936. The Hall–Kier alpha value is -1.71. The van der Waals surface area contributed by atoms with E-state index in [-0.39, 0.29) is 33.7 Å². The third-order valence-corrected chi connectivity index (χ3v) is 11.5. The van der Waals surface area contributed by atoms with Gasteiger partial charge in [0, 0.05) is 43.6 Å². The largest absolute Gasteiger partial charge is 0.399 e. The van der Waals surface area contributed by atoms with Crippen molar-refractivity contribution in [2.45, 2.75) is 61.6 Å². The molecular weight excluding hydrogens is 720 g/mol. The molecule has 0 radical (unpaired) electrons. The Bertz CT molecular complexity index is 1280. The lowest BCUT2D eigenvalue weighted by Crippen LogP contribution is -2.38. The first-order valence-electron chi connectivity index (χ1n) is 10.9. The SMILES string of the molecule is C.C.C.C[Si](C)(C)c1ccc(N)cc1Cl.C[Si](C)(C)c1ccc([N+](=O)[O-])cc1Cl.O=[N+]([O-])c1ccc(I)c(Cl)c1. The second-order valence-electron chi connectivity index (χ2n) is 10.0. The fraction of sp³-hybridized carbons (Fsp3) is 0.333. The van der Waals surface area contributed by atoms with Gasteiger partial charge >= 0.3 is 0 Å². The van der Waals surface area contributed by atoms with Crippen LogP contribution in [0.3, 0.4) is 0 Å². The zero-order valence-electron chi connectivity index (χ0n) is 21.3. The van der Waals surface area contributed by atoms with E-state index in [9.17, 15) is 20.2 Å². The van der Waals surface area contributed by atoms with Crippen molar-refractivity contribution in [3.05, 3.63) is 93.5 Å². The number of nitrogens with two attached hydrogens (primary N) is 1. The molecule has 2 N–H and O–H groups in total. The van der Waals surface area contributed by atoms with Crippen molar-refractivity contribution in [1.82, 2.24) is 0 Å². The minimum absolute atomic E-state index is 0. The Morgan fingerprint density at radius 1 is 0.650 bits per heavy atom. The number of halogens is 4. The van der Waals surface area contributed by atoms with Gasteiger partial charge < -0.3 is 5.73 Å². The predicted molar refractivity (Wildman–Crippen MR) is 191 cm³/mol. The molecule has 224 valence electrons. The van der Waals surface area contributed by atoms with Crippen molar-refractivity contribution in [3.63, 3.8) is 0 Å². The van der Waals surface area contributed by atoms with Crippen LogP contribution in [0.25, 0.3) is 0 Å². The molecule has 0 aromatic heterocycles. The molecule has 0 aliphatic rings. The van der Waals surface area contributed by atoms with E-state index >= 15 is 0 Å². The van der Waals surface area contributed by atoms with Gasteiger partial charge in [0.2, 0.25) is 0 Å². The fourth-order valence-corrected chi connectivity index (χ4v) is 8.28. The van der Waals surface area contributed by atoms with Crippen molar-refractivity contribution >= 4 is 101 Å². The maximum atomic E-state index is 10.5. The van der Waals surface area contributed by atoms with Crippen molar-refractivity contribution in [2.24, 2.45) is 0 Å². The molecule has 0 atom stereocenters. The van der Waals surface area contributed by atoms with E-state index in [1.54, 1.807) is 12.1 Å². The summed E-state index contributed by atoms with van der Waals surface area (Å²) in [4.78, 5) is 19.8. The van der Waals surface area contributed by atoms with Gasteiger partial charge in [-0.3, -0.25) is 20.2 Å². The van der Waals surface area contributed by atoms with Crippen LogP contribution < -0.4 is 16.1 Å². The van der Waals surface area contributed by atoms with Crippen molar-refractivity contribution in [3.8, 4) is 0 Å². The van der Waals surface area contributed by atoms with Crippen molar-refractivity contribution in [2.75, 3.05) is 5.73 Å². The first-order chi connectivity index (χ1) is 16.8. The van der Waals surface area contributed by atoms with Gasteiger partial charge in [-0.2, -0.15) is 0 Å². The van der Waals surface area contributed by atoms with Crippen molar-refractivity contribution in [1.29, 1.82) is 0 Å². The molecule has 0 aliphatic heterocycles. The zero-order valence-corrected chi connectivity index (χ0v) is 27.7. The zero-order chi connectivity index (χ0) is 28.7. The first-order valence-corrected chi connectivity index (χ1v) is 20.1. The van der Waals surface area contributed by atoms with E-state index < -0.39 is 26.0 Å². The average molecular weight is 761 g/mol. The van der Waals surface area contributed by atoms with Crippen LogP contribution in [0, 0.1) is 23.8 Å². The molecule has 0 saturated heterocycles. The lowest BCUT2D eigenvalue weighted by Gasteiger charge is -2.18. The standard InChI is InChI=1S/C9H12ClNO2Si.C9H14ClNSi.C6H3ClINO2.3CH4/c1-14(2,3)9-5-4-7(11(12)13)6-8(9)10;1-12(2,3)9-5-4-7(11)6-8(9)10;7-5-3-4(9(10)11)1-2-6(5)8;;;/h4-6H,1-3H3;4-6H,11H2,1-3H3;1-3H;3*1H4. The molecule has 7 nitrogen and oxygen atoms in total. The Kier molecular flexibility index (Phi) is 19.2. The minimum Gasteiger partial charge on any atom is -0.399 e. The van der Waals surface area contributed by atoms with Gasteiger partial charge in [-0.05, 0) is 51.2 Å². The summed E-state index contributed by atoms with van der Waals surface area (Å²) < 4.78 is 0.815. The molecule has 0 fully saturated rings. The van der Waals surface area contributed by atoms with Crippen LogP contribution in [0.5, 0.6) is 0 Å². The average Bonchev–Trinajstić information content (AvgIpc) is 2.74. The molecule has 0 heterocycles. The number of benzene rings is 3. The van der Waals surface area contributed by atoms with Crippen LogP contribution in [0.4, 0.5) is 17.1 Å². The topological polar surface area (TPSA) is 112 Å². The Balaban J connectivity index is -0.000000498. The number of hydrogen-bond acceptors (Lipinski definition) is 5. The van der Waals surface area contributed by atoms with Crippen molar-refractivity contribution < 1.29 is 9.85 Å². The molecule has 3 aromatic rings. The highest BCUT2D eigenvalue weighted by atomic mass is 127. The summed E-state index contributed by atoms with van der Waals surface area (Å²) in [5.41, 5.74) is 6.42. The lowest BCUT2D eigenvalue weighted by atomic mass is 10.3. The molecular formula is C27H41Cl3IN3O4Si2. The summed E-state index contributed by atoms with van der Waals surface area (Å²) in [6.07, 6.45) is 0. The Labute approximate surface area is 269 Å². The highest BCUT2D eigenvalue weighted by Gasteiger charge is 2.21. The molecule has 0 unspecified atom stereocenters. The normalized spacial score (nSPS) is 10.2. The van der Waals surface area contributed by atoms with Gasteiger partial charge in [-0.1, -0.05) is 108 Å². The van der Waals surface area contributed by atoms with Gasteiger partial charge in [0.25, 0.3) is 11.4 Å². The van der Waals surface area contributed by atoms with E-state index in [0.717, 1.165) is 19.5 Å². The molecule has 0 aliphatic carbocycles.